The molecular weight excluding hydrogens is 402 g/mol. The quantitative estimate of drug-likeness (QED) is 0.365. The summed E-state index contributed by atoms with van der Waals surface area (Å²) in [7, 11) is 1.81. The van der Waals surface area contributed by atoms with Crippen LogP contribution in [0.2, 0.25) is 0 Å². The van der Waals surface area contributed by atoms with Crippen molar-refractivity contribution >= 4 is 62.5 Å². The normalized spacial score (nSPS) is 13.2. The Hall–Kier alpha value is -0.165. The van der Waals surface area contributed by atoms with E-state index >= 15 is 0 Å². The first-order valence-corrected chi connectivity index (χ1v) is 8.62. The Morgan fingerprint density at radius 2 is 2.32 bits per heavy atom. The molecule has 1 unspecified atom stereocenters. The maximum Gasteiger partial charge on any atom is 0.324 e. The fraction of sp³-hybridized carbons (Fsp3) is 0.444. The fourth-order valence-electron chi connectivity index (χ4n) is 1.16. The number of carbonyl (C=O) groups excluding carboxylic acids is 1. The molecule has 1 aromatic rings. The van der Waals surface area contributed by atoms with Crippen molar-refractivity contribution in [1.82, 2.24) is 4.72 Å². The Kier molecular flexibility index (Phi) is 6.24. The minimum Gasteiger partial charge on any atom is -0.465 e. The SMILES string of the molecule is [B]c1cc(S(=O)(=O)NCC(N)C(=O)OCC)c(I)s1. The van der Waals surface area contributed by atoms with Gasteiger partial charge in [0, 0.05) is 6.54 Å². The van der Waals surface area contributed by atoms with Gasteiger partial charge in [0.1, 0.15) is 18.8 Å². The van der Waals surface area contributed by atoms with Crippen LogP contribution in [0.4, 0.5) is 0 Å². The van der Waals surface area contributed by atoms with E-state index in [-0.39, 0.29) is 18.0 Å². The molecular formula is C9H12BIN2O4S2. The van der Waals surface area contributed by atoms with Crippen molar-refractivity contribution in [3.8, 4) is 0 Å². The molecule has 0 fully saturated rings. The first kappa shape index (κ1) is 16.9. The van der Waals surface area contributed by atoms with Gasteiger partial charge < -0.3 is 10.5 Å². The maximum atomic E-state index is 12.0. The summed E-state index contributed by atoms with van der Waals surface area (Å²) in [6.45, 7) is 1.61. The van der Waals surface area contributed by atoms with Gasteiger partial charge in [-0.25, -0.2) is 13.1 Å². The lowest BCUT2D eigenvalue weighted by Crippen LogP contribution is -2.43. The van der Waals surface area contributed by atoms with Crippen molar-refractivity contribution in [1.29, 1.82) is 0 Å². The topological polar surface area (TPSA) is 98.5 Å². The van der Waals surface area contributed by atoms with Crippen molar-refractivity contribution in [2.24, 2.45) is 5.73 Å². The zero-order valence-electron chi connectivity index (χ0n) is 10.1. The van der Waals surface area contributed by atoms with Crippen molar-refractivity contribution in [3.05, 3.63) is 8.95 Å². The van der Waals surface area contributed by atoms with E-state index in [0.717, 1.165) is 0 Å². The molecule has 10 heteroatoms. The van der Waals surface area contributed by atoms with E-state index in [1.54, 1.807) is 6.92 Å². The number of ether oxygens (including phenoxy) is 1. The molecule has 0 bridgehead atoms. The van der Waals surface area contributed by atoms with Crippen LogP contribution in [-0.2, 0) is 19.6 Å². The van der Waals surface area contributed by atoms with Crippen LogP contribution in [0, 0.1) is 2.88 Å². The number of hydrogen-bond acceptors (Lipinski definition) is 6. The molecule has 6 nitrogen and oxygen atoms in total. The van der Waals surface area contributed by atoms with Crippen LogP contribution in [0.1, 0.15) is 6.92 Å². The summed E-state index contributed by atoms with van der Waals surface area (Å²) in [6.07, 6.45) is 0. The Morgan fingerprint density at radius 1 is 1.68 bits per heavy atom. The number of rotatable bonds is 6. The molecule has 0 aromatic carbocycles. The molecule has 0 saturated heterocycles. The lowest BCUT2D eigenvalue weighted by Gasteiger charge is -2.11. The number of nitrogens with one attached hydrogen (secondary N) is 1. The molecule has 0 aliphatic heterocycles. The van der Waals surface area contributed by atoms with Gasteiger partial charge in [-0.3, -0.25) is 4.79 Å². The Labute approximate surface area is 130 Å². The van der Waals surface area contributed by atoms with Crippen LogP contribution < -0.4 is 15.2 Å². The highest BCUT2D eigenvalue weighted by molar-refractivity contribution is 14.1. The maximum absolute atomic E-state index is 12.0. The van der Waals surface area contributed by atoms with Crippen LogP contribution in [0.3, 0.4) is 0 Å². The Morgan fingerprint density at radius 3 is 2.79 bits per heavy atom. The molecule has 1 heterocycles. The zero-order chi connectivity index (χ0) is 14.6. The molecule has 1 rings (SSSR count). The van der Waals surface area contributed by atoms with E-state index in [2.05, 4.69) is 9.46 Å². The number of nitrogens with two attached hydrogens (primary N) is 1. The monoisotopic (exact) mass is 414 g/mol. The van der Waals surface area contributed by atoms with Crippen molar-refractivity contribution in [2.45, 2.75) is 17.9 Å². The van der Waals surface area contributed by atoms with Crippen molar-refractivity contribution in [3.63, 3.8) is 0 Å². The number of esters is 1. The largest absolute Gasteiger partial charge is 0.465 e. The van der Waals surface area contributed by atoms with E-state index in [1.807, 2.05) is 22.6 Å². The molecule has 3 N–H and O–H groups in total. The highest BCUT2D eigenvalue weighted by Crippen LogP contribution is 2.21. The van der Waals surface area contributed by atoms with Crippen molar-refractivity contribution < 1.29 is 17.9 Å². The van der Waals surface area contributed by atoms with Crippen LogP contribution in [-0.4, -0.2) is 41.4 Å². The number of sulfonamides is 1. The number of halogens is 1. The predicted octanol–water partition coefficient (Wildman–Crippen LogP) is -0.685. The Balaban J connectivity index is 2.71. The van der Waals surface area contributed by atoms with Gasteiger partial charge in [0.25, 0.3) is 0 Å². The van der Waals surface area contributed by atoms with Gasteiger partial charge in [-0.1, -0.05) is 0 Å². The molecule has 0 amide bonds. The molecule has 0 spiro atoms. The van der Waals surface area contributed by atoms with Gasteiger partial charge in [0.05, 0.1) is 9.49 Å². The summed E-state index contributed by atoms with van der Waals surface area (Å²) in [4.78, 5) is 11.4. The number of thiophene rings is 1. The highest BCUT2D eigenvalue weighted by atomic mass is 127. The summed E-state index contributed by atoms with van der Waals surface area (Å²) in [5.74, 6) is -0.648. The highest BCUT2D eigenvalue weighted by Gasteiger charge is 2.22. The van der Waals surface area contributed by atoms with Gasteiger partial charge in [0.2, 0.25) is 10.0 Å². The van der Waals surface area contributed by atoms with Crippen LogP contribution in [0.5, 0.6) is 0 Å². The standard InChI is InChI=1S/C9H12BIN2O4S2/c1-2-17-9(14)5(12)4-13-19(15,16)6-3-7(10)18-8(6)11/h3,5,13H,2,4,12H2,1H3. The minimum atomic E-state index is -3.73. The van der Waals surface area contributed by atoms with Crippen molar-refractivity contribution in [2.75, 3.05) is 13.2 Å². The average molecular weight is 414 g/mol. The summed E-state index contributed by atoms with van der Waals surface area (Å²) in [6, 6.07) is 0.327. The summed E-state index contributed by atoms with van der Waals surface area (Å²) in [5, 5.41) is 0. The van der Waals surface area contributed by atoms with Crippen LogP contribution >= 0.6 is 33.9 Å². The molecule has 2 radical (unpaired) electrons. The van der Waals surface area contributed by atoms with E-state index in [0.29, 0.717) is 7.66 Å². The van der Waals surface area contributed by atoms with Gasteiger partial charge in [-0.15, -0.1) is 11.3 Å². The van der Waals surface area contributed by atoms with E-state index < -0.39 is 22.0 Å². The fourth-order valence-corrected chi connectivity index (χ4v) is 5.07. The third kappa shape index (κ3) is 4.70. The van der Waals surface area contributed by atoms with E-state index in [1.165, 1.54) is 17.4 Å². The molecule has 0 saturated carbocycles. The van der Waals surface area contributed by atoms with Gasteiger partial charge in [0.15, 0.2) is 0 Å². The Bertz CT molecular complexity index is 561. The summed E-state index contributed by atoms with van der Waals surface area (Å²) in [5.41, 5.74) is 5.51. The average Bonchev–Trinajstić information content (AvgIpc) is 2.66. The number of carbonyl (C=O) groups is 1. The summed E-state index contributed by atoms with van der Waals surface area (Å²) >= 11 is 3.05. The van der Waals surface area contributed by atoms with Gasteiger partial charge in [-0.05, 0) is 40.4 Å². The molecule has 0 aliphatic rings. The zero-order valence-corrected chi connectivity index (χ0v) is 13.8. The molecule has 1 atom stereocenters. The predicted molar refractivity (Wildman–Crippen MR) is 82.2 cm³/mol. The number of hydrogen-bond donors (Lipinski definition) is 2. The van der Waals surface area contributed by atoms with E-state index in [9.17, 15) is 13.2 Å². The lowest BCUT2D eigenvalue weighted by atomic mass is 10.1. The summed E-state index contributed by atoms with van der Waals surface area (Å²) < 4.78 is 31.9. The third-order valence-corrected chi connectivity index (χ3v) is 5.98. The first-order chi connectivity index (χ1) is 8.77. The van der Waals surface area contributed by atoms with E-state index in [4.69, 9.17) is 13.6 Å². The first-order valence-electron chi connectivity index (χ1n) is 5.24. The van der Waals surface area contributed by atoms with Gasteiger partial charge in [-0.2, -0.15) is 0 Å². The second kappa shape index (κ2) is 7.02. The molecule has 19 heavy (non-hydrogen) atoms. The van der Waals surface area contributed by atoms with Gasteiger partial charge >= 0.3 is 5.97 Å². The van der Waals surface area contributed by atoms with Crippen LogP contribution in [0.15, 0.2) is 11.0 Å². The van der Waals surface area contributed by atoms with Crippen LogP contribution in [0.25, 0.3) is 0 Å². The molecule has 1 aromatic heterocycles. The second-order valence-electron chi connectivity index (χ2n) is 3.50. The third-order valence-electron chi connectivity index (χ3n) is 2.05. The molecule has 0 aliphatic carbocycles. The second-order valence-corrected chi connectivity index (χ2v) is 8.13. The minimum absolute atomic E-state index is 0.0895. The molecule has 104 valence electrons. The smallest absolute Gasteiger partial charge is 0.324 e. The lowest BCUT2D eigenvalue weighted by molar-refractivity contribution is -0.144.